The summed E-state index contributed by atoms with van der Waals surface area (Å²) >= 11 is 0. The van der Waals surface area contributed by atoms with Crippen LogP contribution in [0, 0.1) is 5.92 Å². The van der Waals surface area contributed by atoms with E-state index in [0.717, 1.165) is 26.3 Å². The second-order valence-corrected chi connectivity index (χ2v) is 14.0. The van der Waals surface area contributed by atoms with Gasteiger partial charge in [0.1, 0.15) is 30.0 Å². The molecule has 0 bridgehead atoms. The molecule has 1 aliphatic heterocycles. The van der Waals surface area contributed by atoms with Crippen molar-refractivity contribution in [2.24, 2.45) is 5.92 Å². The predicted octanol–water partition coefficient (Wildman–Crippen LogP) is 2.57. The Morgan fingerprint density at radius 2 is 1.68 bits per heavy atom. The Labute approximate surface area is 287 Å². The number of amides is 1. The van der Waals surface area contributed by atoms with E-state index in [9.17, 15) is 33.6 Å². The number of aliphatic hydroxyl groups excluding tert-OH is 1. The molecule has 0 aliphatic carbocycles. The number of aromatic nitrogens is 2. The van der Waals surface area contributed by atoms with E-state index in [0.29, 0.717) is 9.13 Å². The van der Waals surface area contributed by atoms with Crippen LogP contribution in [0.3, 0.4) is 0 Å². The number of nitrogens with zero attached hydrogens (tertiary/aromatic N) is 2. The van der Waals surface area contributed by atoms with E-state index < -0.39 is 98.1 Å². The summed E-state index contributed by atoms with van der Waals surface area (Å²) in [6.45, 7) is 9.25. The van der Waals surface area contributed by atoms with Gasteiger partial charge in [-0.25, -0.2) is 27.9 Å². The van der Waals surface area contributed by atoms with Crippen molar-refractivity contribution in [1.29, 1.82) is 0 Å². The number of halogens is 1. The van der Waals surface area contributed by atoms with Crippen molar-refractivity contribution in [2.75, 3.05) is 13.7 Å². The van der Waals surface area contributed by atoms with Crippen LogP contribution in [0.4, 0.5) is 9.18 Å². The summed E-state index contributed by atoms with van der Waals surface area (Å²) in [5, 5.41) is 15.7. The maximum absolute atomic E-state index is 16.2. The van der Waals surface area contributed by atoms with E-state index in [4.69, 9.17) is 23.3 Å². The third kappa shape index (κ3) is 9.78. The fourth-order valence-corrected chi connectivity index (χ4v) is 6.36. The van der Waals surface area contributed by atoms with Crippen LogP contribution in [0.2, 0.25) is 0 Å². The van der Waals surface area contributed by atoms with Crippen LogP contribution in [0.5, 0.6) is 5.75 Å². The minimum atomic E-state index is -4.45. The fourth-order valence-electron chi connectivity index (χ4n) is 4.85. The van der Waals surface area contributed by atoms with E-state index >= 15 is 4.39 Å². The molecule has 19 heteroatoms. The molecule has 17 nitrogen and oxygen atoms in total. The molecule has 1 saturated heterocycles. The van der Waals surface area contributed by atoms with Crippen molar-refractivity contribution in [2.45, 2.75) is 97.0 Å². The second kappa shape index (κ2) is 16.7. The van der Waals surface area contributed by atoms with Crippen molar-refractivity contribution in [3.8, 4) is 5.75 Å². The smallest absolute Gasteiger partial charge is 0.459 e. The molecule has 8 atom stereocenters. The number of nitrogens with one attached hydrogen (secondary N) is 2. The van der Waals surface area contributed by atoms with Gasteiger partial charge in [-0.1, -0.05) is 32.0 Å². The van der Waals surface area contributed by atoms with Gasteiger partial charge in [-0.2, -0.15) is 5.09 Å². The highest BCUT2D eigenvalue weighted by Gasteiger charge is 2.56. The normalized spacial score (nSPS) is 23.4. The van der Waals surface area contributed by atoms with Crippen molar-refractivity contribution in [3.05, 3.63) is 63.4 Å². The van der Waals surface area contributed by atoms with E-state index in [-0.39, 0.29) is 5.75 Å². The van der Waals surface area contributed by atoms with Crippen LogP contribution < -0.4 is 26.2 Å². The predicted molar refractivity (Wildman–Crippen MR) is 174 cm³/mol. The molecule has 1 amide bonds. The first-order chi connectivity index (χ1) is 23.3. The Bertz CT molecular complexity index is 1670. The van der Waals surface area contributed by atoms with Gasteiger partial charge >= 0.3 is 31.5 Å². The molecule has 1 aromatic heterocycles. The largest absolute Gasteiger partial charge is 0.462 e. The molecule has 2 aromatic rings. The number of ether oxygens (including phenoxy) is 4. The van der Waals surface area contributed by atoms with E-state index in [1.54, 1.807) is 45.9 Å². The summed E-state index contributed by atoms with van der Waals surface area (Å²) in [5.74, 6) is -2.12. The number of hydrogen-bond donors (Lipinski definition) is 3. The molecular formula is C31H44FN4O13P. The average molecular weight is 731 g/mol. The molecule has 1 aromatic carbocycles. The Hall–Kier alpha value is -4.09. The third-order valence-electron chi connectivity index (χ3n) is 7.48. The number of alkyl carbamates (subject to hydrolysis) is 1. The molecule has 1 fully saturated rings. The summed E-state index contributed by atoms with van der Waals surface area (Å²) in [5.41, 5.74) is -4.78. The number of esters is 2. The molecule has 1 unspecified atom stereocenters. The van der Waals surface area contributed by atoms with Crippen LogP contribution in [0.15, 0.2) is 52.2 Å². The minimum Gasteiger partial charge on any atom is -0.462 e. The number of hydrogen-bond acceptors (Lipinski definition) is 13. The minimum absolute atomic E-state index is 0.0956. The lowest BCUT2D eigenvalue weighted by Crippen LogP contribution is -2.49. The number of carbonyl (C=O) groups is 3. The average Bonchev–Trinajstić information content (AvgIpc) is 3.25. The first kappa shape index (κ1) is 40.3. The fraction of sp³-hybridized carbons (Fsp3) is 0.581. The van der Waals surface area contributed by atoms with E-state index in [2.05, 4.69) is 15.1 Å². The Morgan fingerprint density at radius 1 is 1.04 bits per heavy atom. The highest BCUT2D eigenvalue weighted by Crippen LogP contribution is 2.47. The zero-order chi connectivity index (χ0) is 37.6. The van der Waals surface area contributed by atoms with Crippen LogP contribution in [0.1, 0.15) is 60.9 Å². The van der Waals surface area contributed by atoms with Gasteiger partial charge in [-0.15, -0.1) is 0 Å². The van der Waals surface area contributed by atoms with Crippen molar-refractivity contribution in [3.63, 3.8) is 0 Å². The summed E-state index contributed by atoms with van der Waals surface area (Å²) < 4.78 is 63.1. The maximum Gasteiger partial charge on any atom is 0.459 e. The Kier molecular flexibility index (Phi) is 13.5. The lowest BCUT2D eigenvalue weighted by atomic mass is 9.98. The highest BCUT2D eigenvalue weighted by molar-refractivity contribution is 7.52. The van der Waals surface area contributed by atoms with Gasteiger partial charge in [0.15, 0.2) is 18.1 Å². The van der Waals surface area contributed by atoms with Crippen molar-refractivity contribution >= 4 is 25.8 Å². The molecule has 0 saturated carbocycles. The van der Waals surface area contributed by atoms with Gasteiger partial charge in [0.2, 0.25) is 0 Å². The van der Waals surface area contributed by atoms with Crippen molar-refractivity contribution < 1.29 is 56.4 Å². The summed E-state index contributed by atoms with van der Waals surface area (Å²) in [6.07, 6.45) is -7.37. The molecule has 3 N–H and O–H groups in total. The molecule has 0 radical (unpaired) electrons. The van der Waals surface area contributed by atoms with Gasteiger partial charge in [0, 0.05) is 12.3 Å². The van der Waals surface area contributed by atoms with E-state index in [1.807, 2.05) is 0 Å². The van der Waals surface area contributed by atoms with Gasteiger partial charge in [-0.3, -0.25) is 18.7 Å². The topological polar surface area (TPSA) is 212 Å². The number of alkyl halides is 1. The quantitative estimate of drug-likeness (QED) is 0.137. The maximum atomic E-state index is 16.2. The first-order valence-electron chi connectivity index (χ1n) is 15.7. The number of methoxy groups -OCH3 is 1. The van der Waals surface area contributed by atoms with Crippen LogP contribution in [-0.4, -0.2) is 82.1 Å². The summed E-state index contributed by atoms with van der Waals surface area (Å²) in [7, 11) is -3.34. The van der Waals surface area contributed by atoms with Crippen molar-refractivity contribution in [1.82, 2.24) is 19.5 Å². The Balaban J connectivity index is 1.86. The molecule has 3 rings (SSSR count). The molecule has 278 valence electrons. The first-order valence-corrected chi connectivity index (χ1v) is 17.2. The summed E-state index contributed by atoms with van der Waals surface area (Å²) in [4.78, 5) is 63.4. The number of benzene rings is 1. The monoisotopic (exact) mass is 730 g/mol. The highest BCUT2D eigenvalue weighted by atomic mass is 31.2. The Morgan fingerprint density at radius 3 is 2.26 bits per heavy atom. The lowest BCUT2D eigenvalue weighted by Gasteiger charge is -2.27. The molecular weight excluding hydrogens is 686 g/mol. The lowest BCUT2D eigenvalue weighted by molar-refractivity contribution is -0.157. The molecule has 50 heavy (non-hydrogen) atoms. The van der Waals surface area contributed by atoms with Gasteiger partial charge < -0.3 is 33.9 Å². The van der Waals surface area contributed by atoms with Gasteiger partial charge in [-0.05, 0) is 52.7 Å². The molecule has 2 heterocycles. The van der Waals surface area contributed by atoms with Crippen LogP contribution in [-0.2, 0) is 37.6 Å². The number of carbonyl (C=O) groups excluding carboxylic acids is 3. The van der Waals surface area contributed by atoms with Gasteiger partial charge in [0.25, 0.3) is 5.56 Å². The number of para-hydroxylation sites is 1. The zero-order valence-corrected chi connectivity index (χ0v) is 29.8. The third-order valence-corrected chi connectivity index (χ3v) is 9.12. The summed E-state index contributed by atoms with van der Waals surface area (Å²) in [6, 6.07) is 6.33. The second-order valence-electron chi connectivity index (χ2n) is 12.3. The zero-order valence-electron chi connectivity index (χ0n) is 28.9. The van der Waals surface area contributed by atoms with Crippen LogP contribution >= 0.6 is 7.75 Å². The molecule has 1 aliphatic rings. The van der Waals surface area contributed by atoms with E-state index in [1.165, 1.54) is 26.0 Å². The molecule has 0 spiro atoms. The SMILES string of the molecule is COC(=O)N[C@H](C(=O)OC(C)n1c(=O)ccn([C@@H]2O[C@H](CO[P@@](=O)(N[C@@H](C)C(=O)OC(C)C)Oc3ccccc3)[C@@H](O)[C@@]2(C)F)c1=O)C(C)C. The van der Waals surface area contributed by atoms with Gasteiger partial charge in [0.05, 0.1) is 19.8 Å². The standard InChI is InChI=1S/C31H44FN4O13P/c1-17(2)24(33-29(41)44-8)27(40)47-20(6)36-23(37)14-15-35(30(36)42)28-31(7,32)25(38)22(48-28)16-45-50(43,49-21-12-10-9-11-13-21)34-19(5)26(39)46-18(3)4/h9-15,17-20,22,24-25,28,38H,16H2,1-8H3,(H,33,41)(H,34,43)/t19-,20?,22+,24-,25+,28+,31+,50-/m0/s1. The number of rotatable bonds is 15. The van der Waals surface area contributed by atoms with Crippen LogP contribution in [0.25, 0.3) is 0 Å². The number of aliphatic hydroxyl groups is 1.